The lowest BCUT2D eigenvalue weighted by atomic mass is 9.99. The minimum atomic E-state index is 1.05. The average Bonchev–Trinajstić information content (AvgIpc) is 4.34. The van der Waals surface area contributed by atoms with E-state index in [4.69, 9.17) is 0 Å². The molecule has 16 rings (SSSR count). The van der Waals surface area contributed by atoms with Crippen LogP contribution in [0.15, 0.2) is 267 Å². The zero-order chi connectivity index (χ0) is 50.7. The Morgan fingerprint density at radius 3 is 0.818 bits per heavy atom. The highest BCUT2D eigenvalue weighted by Gasteiger charge is 2.18. The maximum atomic E-state index is 3.83. The predicted molar refractivity (Wildman–Crippen MR) is 329 cm³/mol. The number of nitrogens with one attached hydrogen (secondary N) is 1. The molecule has 16 aromatic rings. The van der Waals surface area contributed by atoms with Crippen molar-refractivity contribution < 1.29 is 0 Å². The summed E-state index contributed by atoms with van der Waals surface area (Å²) >= 11 is 0. The highest BCUT2D eigenvalue weighted by atomic mass is 15.0. The van der Waals surface area contributed by atoms with E-state index in [0.29, 0.717) is 0 Å². The maximum absolute atomic E-state index is 3.83. The van der Waals surface area contributed by atoms with Gasteiger partial charge in [0.1, 0.15) is 0 Å². The van der Waals surface area contributed by atoms with Crippen LogP contribution in [0.1, 0.15) is 5.56 Å². The van der Waals surface area contributed by atoms with Crippen molar-refractivity contribution >= 4 is 131 Å². The third-order valence-electron chi connectivity index (χ3n) is 16.3. The van der Waals surface area contributed by atoms with Crippen LogP contribution in [-0.2, 0) is 0 Å². The minimum absolute atomic E-state index is 1.05. The monoisotopic (exact) mass is 980 g/mol. The number of aryl methyl sites for hydroxylation is 1. The molecule has 0 aliphatic rings. The summed E-state index contributed by atoms with van der Waals surface area (Å²) in [6, 6.07) is 99.0. The van der Waals surface area contributed by atoms with Gasteiger partial charge in [-0.15, -0.1) is 0 Å². The first-order valence-corrected chi connectivity index (χ1v) is 26.6. The fraction of sp³-hybridized carbons (Fsp3) is 0.0137. The third kappa shape index (κ3) is 6.86. The summed E-state index contributed by atoms with van der Waals surface area (Å²) in [5.74, 6) is 0. The molecule has 77 heavy (non-hydrogen) atoms. The topological polar surface area (TPSA) is 26.8 Å². The van der Waals surface area contributed by atoms with Crippen molar-refractivity contribution in [2.24, 2.45) is 0 Å². The quantitative estimate of drug-likeness (QED) is 0.183. The van der Waals surface area contributed by atoms with Crippen LogP contribution in [0.3, 0.4) is 0 Å². The number of nitrogens with zero attached hydrogens (tertiary/aromatic N) is 3. The Morgan fingerprint density at radius 1 is 0.234 bits per heavy atom. The van der Waals surface area contributed by atoms with Gasteiger partial charge in [-0.1, -0.05) is 127 Å². The molecule has 360 valence electrons. The molecule has 3 heterocycles. The Bertz CT molecular complexity index is 5160. The fourth-order valence-corrected chi connectivity index (χ4v) is 12.5. The second-order valence-corrected chi connectivity index (χ2v) is 20.7. The summed E-state index contributed by atoms with van der Waals surface area (Å²) < 4.78 is 7.27. The normalized spacial score (nSPS) is 12.0. The fourth-order valence-electron chi connectivity index (χ4n) is 12.5. The molecule has 4 heteroatoms. The van der Waals surface area contributed by atoms with Gasteiger partial charge >= 0.3 is 0 Å². The molecular formula is C73H48N4. The first-order chi connectivity index (χ1) is 38.1. The molecule has 0 radical (unpaired) electrons. The van der Waals surface area contributed by atoms with Crippen LogP contribution < -0.4 is 5.32 Å². The molecule has 0 aliphatic carbocycles. The van der Waals surface area contributed by atoms with Gasteiger partial charge in [-0.05, 0) is 200 Å². The number of hydrogen-bond donors (Lipinski definition) is 1. The lowest BCUT2D eigenvalue weighted by molar-refractivity contribution is 1.18. The van der Waals surface area contributed by atoms with Crippen LogP contribution in [0.5, 0.6) is 0 Å². The molecule has 0 unspecified atom stereocenters. The van der Waals surface area contributed by atoms with Gasteiger partial charge in [-0.25, -0.2) is 0 Å². The largest absolute Gasteiger partial charge is 0.355 e. The maximum Gasteiger partial charge on any atom is 0.0541 e. The van der Waals surface area contributed by atoms with Crippen LogP contribution >= 0.6 is 0 Å². The molecule has 0 spiro atoms. The lowest BCUT2D eigenvalue weighted by Gasteiger charge is -2.12. The highest BCUT2D eigenvalue weighted by molar-refractivity contribution is 6.19. The molecule has 16 bridgehead atoms. The summed E-state index contributed by atoms with van der Waals surface area (Å²) in [6.45, 7) is 2.24. The predicted octanol–water partition coefficient (Wildman–Crippen LogP) is 19.9. The van der Waals surface area contributed by atoms with Crippen LogP contribution in [0.4, 0.5) is 11.4 Å². The highest BCUT2D eigenvalue weighted by Crippen LogP contribution is 2.41. The number of para-hydroxylation sites is 4. The molecular weight excluding hydrogens is 933 g/mol. The first kappa shape index (κ1) is 43.3. The van der Waals surface area contributed by atoms with E-state index in [1.807, 2.05) is 0 Å². The average molecular weight is 981 g/mol. The molecule has 0 atom stereocenters. The summed E-state index contributed by atoms with van der Waals surface area (Å²) in [5, 5.41) is 22.8. The standard InChI is InChI=1S/C73H48N4/c1-46-22-23-47-38-59(46)60-39-48(24-31-67(60)74-55-14-6-2-7-15-55)50-26-33-69-62(41-50)64-43-52(28-35-71(64)76(69)57-18-10-4-11-19-57)54-30-37-73-66(45-54)65-44-53(29-36-72(65)77(73)58-20-12-5-13-21-58)51-27-34-70-63(42-51)61-40-49(47)25-32-68(61)75(70)56-16-8-3-9-17-56/h2-45,74H,1H3. The molecule has 13 aromatic carbocycles. The number of rotatable bonds is 5. The number of anilines is 2. The van der Waals surface area contributed by atoms with Gasteiger partial charge in [0.05, 0.1) is 33.1 Å². The molecule has 3 aromatic heterocycles. The Kier molecular flexibility index (Phi) is 9.52. The first-order valence-electron chi connectivity index (χ1n) is 26.6. The number of benzene rings is 12. The number of hydrogen-bond acceptors (Lipinski definition) is 1. The van der Waals surface area contributed by atoms with Crippen LogP contribution in [0.25, 0.3) is 136 Å². The van der Waals surface area contributed by atoms with Crippen LogP contribution in [-0.4, -0.2) is 13.7 Å². The smallest absolute Gasteiger partial charge is 0.0541 e. The van der Waals surface area contributed by atoms with Gasteiger partial charge in [-0.2, -0.15) is 0 Å². The van der Waals surface area contributed by atoms with Gasteiger partial charge in [0.2, 0.25) is 0 Å². The third-order valence-corrected chi connectivity index (χ3v) is 16.3. The second kappa shape index (κ2) is 16.9. The Balaban J connectivity index is 1.07. The van der Waals surface area contributed by atoms with E-state index in [1.54, 1.807) is 0 Å². The van der Waals surface area contributed by atoms with E-state index in [-0.39, 0.29) is 0 Å². The van der Waals surface area contributed by atoms with E-state index >= 15 is 0 Å². The summed E-state index contributed by atoms with van der Waals surface area (Å²) in [6.07, 6.45) is 0. The summed E-state index contributed by atoms with van der Waals surface area (Å²) in [7, 11) is 0. The lowest BCUT2D eigenvalue weighted by Crippen LogP contribution is -1.93. The van der Waals surface area contributed by atoms with Crippen LogP contribution in [0.2, 0.25) is 0 Å². The van der Waals surface area contributed by atoms with Gasteiger partial charge in [-0.3, -0.25) is 0 Å². The molecule has 0 saturated heterocycles. The molecule has 0 amide bonds. The van der Waals surface area contributed by atoms with E-state index < -0.39 is 0 Å². The molecule has 1 N–H and O–H groups in total. The van der Waals surface area contributed by atoms with E-state index in [0.717, 1.165) is 44.6 Å². The van der Waals surface area contributed by atoms with Crippen molar-refractivity contribution in [2.75, 3.05) is 5.32 Å². The van der Waals surface area contributed by atoms with Gasteiger partial charge < -0.3 is 19.0 Å². The van der Waals surface area contributed by atoms with Crippen molar-refractivity contribution in [2.45, 2.75) is 6.92 Å². The number of fused-ring (bicyclic) bond motifs is 15. The van der Waals surface area contributed by atoms with E-state index in [9.17, 15) is 0 Å². The summed E-state index contributed by atoms with van der Waals surface area (Å²) in [5.41, 5.74) is 13.8. The van der Waals surface area contributed by atoms with Gasteiger partial charge in [0.15, 0.2) is 0 Å². The Labute approximate surface area is 443 Å². The van der Waals surface area contributed by atoms with Crippen molar-refractivity contribution in [1.29, 1.82) is 0 Å². The van der Waals surface area contributed by atoms with Crippen molar-refractivity contribution in [1.82, 2.24) is 13.7 Å². The van der Waals surface area contributed by atoms with Crippen molar-refractivity contribution in [3.8, 4) is 17.1 Å². The number of aromatic nitrogens is 3. The minimum Gasteiger partial charge on any atom is -0.355 e. The van der Waals surface area contributed by atoms with Crippen LogP contribution in [0, 0.1) is 6.92 Å². The summed E-state index contributed by atoms with van der Waals surface area (Å²) in [4.78, 5) is 0. The zero-order valence-electron chi connectivity index (χ0n) is 42.2. The molecule has 0 saturated carbocycles. The van der Waals surface area contributed by atoms with E-state index in [2.05, 4.69) is 293 Å². The molecule has 4 nitrogen and oxygen atoms in total. The Hall–Kier alpha value is -10.2. The van der Waals surface area contributed by atoms with Crippen molar-refractivity contribution in [3.63, 3.8) is 0 Å². The zero-order valence-corrected chi connectivity index (χ0v) is 42.2. The van der Waals surface area contributed by atoms with Gasteiger partial charge in [0, 0.05) is 66.1 Å². The SMILES string of the molecule is Cc1ccc2cc1c1cc(ccc1Nc1ccccc1)c1ccc3c(c1)c1cc(ccc1n3-c1ccccc1)c1ccc3c(c1)c1cc(ccc1n3-c1ccccc1)c1ccc3c(c1)c1cc2ccc1n3-c1ccccc1. The second-order valence-electron chi connectivity index (χ2n) is 20.7. The van der Waals surface area contributed by atoms with E-state index in [1.165, 1.54) is 109 Å². The Morgan fingerprint density at radius 2 is 0.494 bits per heavy atom. The van der Waals surface area contributed by atoms with Crippen molar-refractivity contribution in [3.05, 3.63) is 272 Å². The van der Waals surface area contributed by atoms with Gasteiger partial charge in [0.25, 0.3) is 0 Å². The molecule has 0 fully saturated rings. The molecule has 0 aliphatic heterocycles.